The minimum absolute atomic E-state index is 0. The highest BCUT2D eigenvalue weighted by Gasteiger charge is 2.02. The molecule has 19 heavy (non-hydrogen) atoms. The molecule has 3 heteroatoms. The molecule has 0 aliphatic carbocycles. The topological polar surface area (TPSA) is 13.1 Å². The van der Waals surface area contributed by atoms with Gasteiger partial charge in [0.1, 0.15) is 12.3 Å². The molecule has 0 unspecified atom stereocenters. The number of ether oxygens (including phenoxy) is 1. The molecule has 2 nitrogen and oxygen atoms in total. The standard InChI is InChI=1S/C16H18NO.HI/c1-3-17-13-5-4-6-15(17)10-7-14-8-11-16(18-2)12-9-14;/h4-13H,3H2,1-2H3;1H/q+1;/p-1/b10-7-;. The maximum atomic E-state index is 5.14. The zero-order valence-corrected chi connectivity index (χ0v) is 13.4. The first kappa shape index (κ1) is 15.7. The van der Waals surface area contributed by atoms with Gasteiger partial charge in [-0.1, -0.05) is 12.1 Å². The molecule has 0 saturated carbocycles. The van der Waals surface area contributed by atoms with Crippen LogP contribution in [0.2, 0.25) is 0 Å². The summed E-state index contributed by atoms with van der Waals surface area (Å²) in [5.41, 5.74) is 2.37. The number of benzene rings is 1. The van der Waals surface area contributed by atoms with E-state index in [2.05, 4.69) is 54.1 Å². The van der Waals surface area contributed by atoms with Crippen LogP contribution in [0.4, 0.5) is 0 Å². The lowest BCUT2D eigenvalue weighted by molar-refractivity contribution is -0.695. The Labute approximate surface area is 131 Å². The highest BCUT2D eigenvalue weighted by Crippen LogP contribution is 2.13. The van der Waals surface area contributed by atoms with Crippen molar-refractivity contribution < 1.29 is 33.3 Å². The fourth-order valence-corrected chi connectivity index (χ4v) is 1.83. The molecule has 1 heterocycles. The molecule has 0 fully saturated rings. The van der Waals surface area contributed by atoms with Crippen molar-refractivity contribution in [3.63, 3.8) is 0 Å². The molecule has 0 aliphatic heterocycles. The van der Waals surface area contributed by atoms with Crippen LogP contribution >= 0.6 is 0 Å². The average Bonchev–Trinajstić information content (AvgIpc) is 2.46. The zero-order chi connectivity index (χ0) is 12.8. The van der Waals surface area contributed by atoms with Crippen LogP contribution in [-0.2, 0) is 6.54 Å². The Morgan fingerprint density at radius 2 is 1.79 bits per heavy atom. The molecule has 0 N–H and O–H groups in total. The van der Waals surface area contributed by atoms with Gasteiger partial charge in [0.15, 0.2) is 6.20 Å². The molecule has 100 valence electrons. The molecule has 0 amide bonds. The monoisotopic (exact) mass is 367 g/mol. The van der Waals surface area contributed by atoms with Crippen molar-refractivity contribution in [3.05, 3.63) is 59.9 Å². The zero-order valence-electron chi connectivity index (χ0n) is 11.2. The van der Waals surface area contributed by atoms with Crippen molar-refractivity contribution in [3.8, 4) is 5.75 Å². The number of rotatable bonds is 4. The van der Waals surface area contributed by atoms with Gasteiger partial charge in [0.05, 0.1) is 7.11 Å². The molecule has 1 aromatic heterocycles. The number of aromatic nitrogens is 1. The molecule has 1 aromatic carbocycles. The number of halogens is 1. The molecule has 0 atom stereocenters. The Hall–Kier alpha value is -1.36. The van der Waals surface area contributed by atoms with Gasteiger partial charge in [0.25, 0.3) is 0 Å². The van der Waals surface area contributed by atoms with Gasteiger partial charge in [-0.15, -0.1) is 0 Å². The minimum atomic E-state index is 0. The Bertz CT molecular complexity index is 535. The van der Waals surface area contributed by atoms with Crippen molar-refractivity contribution in [1.29, 1.82) is 0 Å². The van der Waals surface area contributed by atoms with E-state index >= 15 is 0 Å². The van der Waals surface area contributed by atoms with Gasteiger partial charge in [-0.25, -0.2) is 0 Å². The largest absolute Gasteiger partial charge is 1.00 e. The van der Waals surface area contributed by atoms with Crippen molar-refractivity contribution in [2.24, 2.45) is 0 Å². The summed E-state index contributed by atoms with van der Waals surface area (Å²) in [7, 11) is 1.68. The van der Waals surface area contributed by atoms with E-state index in [1.165, 1.54) is 11.3 Å². The van der Waals surface area contributed by atoms with Crippen molar-refractivity contribution >= 4 is 12.2 Å². The smallest absolute Gasteiger partial charge is 0.205 e. The quantitative estimate of drug-likeness (QED) is 0.555. The first-order valence-corrected chi connectivity index (χ1v) is 6.14. The summed E-state index contributed by atoms with van der Waals surface area (Å²) < 4.78 is 7.35. The summed E-state index contributed by atoms with van der Waals surface area (Å²) in [6.45, 7) is 3.12. The summed E-state index contributed by atoms with van der Waals surface area (Å²) in [6, 6.07) is 14.3. The van der Waals surface area contributed by atoms with Crippen LogP contribution in [0.25, 0.3) is 12.2 Å². The van der Waals surface area contributed by atoms with Crippen molar-refractivity contribution in [1.82, 2.24) is 0 Å². The van der Waals surface area contributed by atoms with Crippen LogP contribution < -0.4 is 33.3 Å². The molecular formula is C16H18INO. The molecule has 0 aliphatic rings. The molecule has 0 radical (unpaired) electrons. The van der Waals surface area contributed by atoms with E-state index in [0.717, 1.165) is 12.3 Å². The summed E-state index contributed by atoms with van der Waals surface area (Å²) >= 11 is 0. The minimum Gasteiger partial charge on any atom is -1.00 e. The lowest BCUT2D eigenvalue weighted by Crippen LogP contribution is -3.00. The van der Waals surface area contributed by atoms with Crippen molar-refractivity contribution in [2.45, 2.75) is 13.5 Å². The predicted molar refractivity (Wildman–Crippen MR) is 74.2 cm³/mol. The number of aryl methyl sites for hydroxylation is 1. The number of hydrogen-bond acceptors (Lipinski definition) is 1. The lowest BCUT2D eigenvalue weighted by Gasteiger charge is -1.99. The van der Waals surface area contributed by atoms with E-state index in [4.69, 9.17) is 4.74 Å². The number of pyridine rings is 1. The maximum absolute atomic E-state index is 5.14. The first-order chi connectivity index (χ1) is 8.83. The first-order valence-electron chi connectivity index (χ1n) is 6.14. The molecule has 2 aromatic rings. The third-order valence-electron chi connectivity index (χ3n) is 2.88. The third kappa shape index (κ3) is 4.35. The molecule has 0 spiro atoms. The average molecular weight is 367 g/mol. The van der Waals surface area contributed by atoms with Crippen LogP contribution in [0.5, 0.6) is 5.75 Å². The second-order valence-electron chi connectivity index (χ2n) is 4.02. The highest BCUT2D eigenvalue weighted by atomic mass is 127. The summed E-state index contributed by atoms with van der Waals surface area (Å²) in [4.78, 5) is 0. The van der Waals surface area contributed by atoms with Crippen LogP contribution in [-0.4, -0.2) is 7.11 Å². The van der Waals surface area contributed by atoms with E-state index in [0.29, 0.717) is 0 Å². The second-order valence-corrected chi connectivity index (χ2v) is 4.02. The predicted octanol–water partition coefficient (Wildman–Crippen LogP) is 0.177. The SMILES string of the molecule is CC[n+]1ccccc1/C=C\c1ccc(OC)cc1.[I-]. The van der Waals surface area contributed by atoms with Crippen molar-refractivity contribution in [2.75, 3.05) is 7.11 Å². The number of hydrogen-bond donors (Lipinski definition) is 0. The Balaban J connectivity index is 0.00000180. The van der Waals surface area contributed by atoms with Crippen LogP contribution in [0.15, 0.2) is 48.7 Å². The molecule has 2 rings (SSSR count). The van der Waals surface area contributed by atoms with E-state index in [9.17, 15) is 0 Å². The normalized spacial score (nSPS) is 10.2. The molecule has 0 bridgehead atoms. The maximum Gasteiger partial charge on any atom is 0.205 e. The Morgan fingerprint density at radius 1 is 1.05 bits per heavy atom. The van der Waals surface area contributed by atoms with E-state index in [1.54, 1.807) is 7.11 Å². The molecule has 0 saturated heterocycles. The van der Waals surface area contributed by atoms with Gasteiger partial charge in [-0.05, 0) is 36.8 Å². The molecular weight excluding hydrogens is 349 g/mol. The van der Waals surface area contributed by atoms with E-state index in [1.807, 2.05) is 18.2 Å². The second kappa shape index (κ2) is 7.94. The third-order valence-corrected chi connectivity index (χ3v) is 2.88. The highest BCUT2D eigenvalue weighted by molar-refractivity contribution is 5.67. The van der Waals surface area contributed by atoms with Gasteiger partial charge < -0.3 is 28.7 Å². The van der Waals surface area contributed by atoms with Gasteiger partial charge in [-0.2, -0.15) is 4.57 Å². The van der Waals surface area contributed by atoms with Gasteiger partial charge >= 0.3 is 0 Å². The van der Waals surface area contributed by atoms with Gasteiger partial charge in [0.2, 0.25) is 5.69 Å². The lowest BCUT2D eigenvalue weighted by atomic mass is 10.2. The summed E-state index contributed by atoms with van der Waals surface area (Å²) in [6.07, 6.45) is 6.33. The number of methoxy groups -OCH3 is 1. The van der Waals surface area contributed by atoms with Gasteiger partial charge in [-0.3, -0.25) is 0 Å². The van der Waals surface area contributed by atoms with Crippen LogP contribution in [0, 0.1) is 0 Å². The van der Waals surface area contributed by atoms with Crippen LogP contribution in [0.1, 0.15) is 18.2 Å². The van der Waals surface area contributed by atoms with Gasteiger partial charge in [0, 0.05) is 18.2 Å². The Kier molecular flexibility index (Phi) is 6.56. The van der Waals surface area contributed by atoms with E-state index < -0.39 is 0 Å². The van der Waals surface area contributed by atoms with E-state index in [-0.39, 0.29) is 24.0 Å². The van der Waals surface area contributed by atoms with Crippen LogP contribution in [0.3, 0.4) is 0 Å². The Morgan fingerprint density at radius 3 is 2.42 bits per heavy atom. The number of nitrogens with zero attached hydrogens (tertiary/aromatic N) is 1. The fraction of sp³-hybridized carbons (Fsp3) is 0.188. The fourth-order valence-electron chi connectivity index (χ4n) is 1.83. The summed E-state index contributed by atoms with van der Waals surface area (Å²) in [5.74, 6) is 0.885. The summed E-state index contributed by atoms with van der Waals surface area (Å²) in [5, 5.41) is 0.